The molecule has 1 atom stereocenters. The number of para-hydroxylation sites is 1. The Morgan fingerprint density at radius 3 is 2.68 bits per heavy atom. The first kappa shape index (κ1) is 22.1. The van der Waals surface area contributed by atoms with E-state index in [0.717, 1.165) is 0 Å². The lowest BCUT2D eigenvalue weighted by atomic mass is 10.1. The fraction of sp³-hybridized carbons (Fsp3) is 0.250. The van der Waals surface area contributed by atoms with Gasteiger partial charge in [-0.3, -0.25) is 9.59 Å². The van der Waals surface area contributed by atoms with E-state index in [1.54, 1.807) is 47.1 Å². The van der Waals surface area contributed by atoms with Gasteiger partial charge in [-0.25, -0.2) is 14.1 Å². The minimum Gasteiger partial charge on any atom is -0.448 e. The first-order valence-corrected chi connectivity index (χ1v) is 11.2. The van der Waals surface area contributed by atoms with E-state index in [4.69, 9.17) is 16.0 Å². The van der Waals surface area contributed by atoms with E-state index in [2.05, 4.69) is 10.1 Å². The van der Waals surface area contributed by atoms with E-state index in [-0.39, 0.29) is 35.0 Å². The number of benzene rings is 2. The molecule has 0 bridgehead atoms. The maximum Gasteiger partial charge on any atom is 0.293 e. The molecule has 5 rings (SSSR count). The van der Waals surface area contributed by atoms with Gasteiger partial charge >= 0.3 is 0 Å². The second-order valence-corrected chi connectivity index (χ2v) is 8.70. The molecule has 4 aromatic rings. The van der Waals surface area contributed by atoms with Crippen molar-refractivity contribution < 1.29 is 18.4 Å². The number of amides is 2. The van der Waals surface area contributed by atoms with Gasteiger partial charge in [0.15, 0.2) is 17.2 Å². The van der Waals surface area contributed by atoms with E-state index < -0.39 is 5.82 Å². The van der Waals surface area contributed by atoms with Crippen LogP contribution in [0.3, 0.4) is 0 Å². The average Bonchev–Trinajstić information content (AvgIpc) is 3.45. The number of fused-ring (bicyclic) bond motifs is 1. The molecule has 1 fully saturated rings. The Kier molecular flexibility index (Phi) is 5.57. The highest BCUT2D eigenvalue weighted by atomic mass is 35.5. The number of hydrogen-bond acceptors (Lipinski definition) is 5. The van der Waals surface area contributed by atoms with E-state index in [0.29, 0.717) is 41.3 Å². The summed E-state index contributed by atoms with van der Waals surface area (Å²) >= 11 is 6.03. The van der Waals surface area contributed by atoms with Crippen molar-refractivity contribution in [2.75, 3.05) is 19.6 Å². The van der Waals surface area contributed by atoms with Crippen LogP contribution in [0.4, 0.5) is 4.39 Å². The fourth-order valence-corrected chi connectivity index (χ4v) is 4.42. The van der Waals surface area contributed by atoms with Crippen LogP contribution in [0.5, 0.6) is 0 Å². The number of aromatic nitrogens is 3. The van der Waals surface area contributed by atoms with Gasteiger partial charge in [0.1, 0.15) is 6.33 Å². The Hall–Kier alpha value is -3.72. The zero-order valence-corrected chi connectivity index (χ0v) is 19.3. The van der Waals surface area contributed by atoms with Gasteiger partial charge in [-0.15, -0.1) is 5.10 Å². The van der Waals surface area contributed by atoms with Crippen molar-refractivity contribution >= 4 is 34.4 Å². The number of nitrogens with zero attached hydrogens (tertiary/aromatic N) is 5. The van der Waals surface area contributed by atoms with E-state index in [1.165, 1.54) is 17.1 Å². The molecule has 34 heavy (non-hydrogen) atoms. The molecule has 174 valence electrons. The summed E-state index contributed by atoms with van der Waals surface area (Å²) in [6, 6.07) is 11.4. The van der Waals surface area contributed by atoms with Gasteiger partial charge in [-0.05, 0) is 38.1 Å². The fourth-order valence-electron chi connectivity index (χ4n) is 4.23. The average molecular weight is 482 g/mol. The van der Waals surface area contributed by atoms with Crippen LogP contribution in [0.25, 0.3) is 16.7 Å². The highest BCUT2D eigenvalue weighted by Crippen LogP contribution is 2.29. The monoisotopic (exact) mass is 481 g/mol. The van der Waals surface area contributed by atoms with Crippen molar-refractivity contribution in [2.24, 2.45) is 0 Å². The van der Waals surface area contributed by atoms with Crippen molar-refractivity contribution in [1.29, 1.82) is 0 Å². The molecule has 1 unspecified atom stereocenters. The van der Waals surface area contributed by atoms with E-state index in [9.17, 15) is 14.0 Å². The SMILES string of the molecule is Cc1c(C(=O)N2CCN(C(=O)c3ncn(-c4cccc(Cl)c4)n3)C(C)C2)oc2c(F)cccc12. The Balaban J connectivity index is 1.31. The number of rotatable bonds is 3. The number of furan rings is 1. The molecule has 0 spiro atoms. The molecular formula is C24H21ClFN5O3. The molecule has 1 saturated heterocycles. The summed E-state index contributed by atoms with van der Waals surface area (Å²) in [5.74, 6) is -0.963. The van der Waals surface area contributed by atoms with Gasteiger partial charge in [0.05, 0.1) is 5.69 Å². The van der Waals surface area contributed by atoms with Gasteiger partial charge in [0.25, 0.3) is 11.8 Å². The second-order valence-electron chi connectivity index (χ2n) is 8.26. The Bertz CT molecular complexity index is 1410. The molecule has 1 aliphatic rings. The van der Waals surface area contributed by atoms with Crippen LogP contribution < -0.4 is 0 Å². The van der Waals surface area contributed by atoms with Crippen molar-refractivity contribution in [1.82, 2.24) is 24.6 Å². The van der Waals surface area contributed by atoms with Crippen molar-refractivity contribution in [2.45, 2.75) is 19.9 Å². The third-order valence-electron chi connectivity index (χ3n) is 6.04. The molecule has 0 radical (unpaired) electrons. The standard InChI is InChI=1S/C24H21ClFN5O3/c1-14-12-29(23(32)20-15(2)18-7-4-8-19(26)21(18)34-20)9-10-30(14)24(33)22-27-13-31(28-22)17-6-3-5-16(25)11-17/h3-8,11,13-14H,9-10,12H2,1-2H3. The van der Waals surface area contributed by atoms with Gasteiger partial charge in [-0.1, -0.05) is 29.8 Å². The predicted octanol–water partition coefficient (Wildman–Crippen LogP) is 4.10. The van der Waals surface area contributed by atoms with Crippen LogP contribution in [0, 0.1) is 12.7 Å². The van der Waals surface area contributed by atoms with Crippen LogP contribution in [0.15, 0.2) is 53.2 Å². The minimum absolute atomic E-state index is 0.0650. The summed E-state index contributed by atoms with van der Waals surface area (Å²) in [6.45, 7) is 4.52. The van der Waals surface area contributed by atoms with Gasteiger partial charge < -0.3 is 14.2 Å². The molecule has 2 aromatic heterocycles. The highest BCUT2D eigenvalue weighted by molar-refractivity contribution is 6.30. The van der Waals surface area contributed by atoms with Gasteiger partial charge in [0, 0.05) is 41.6 Å². The van der Waals surface area contributed by atoms with Crippen LogP contribution in [0.1, 0.15) is 33.7 Å². The number of aryl methyl sites for hydroxylation is 1. The summed E-state index contributed by atoms with van der Waals surface area (Å²) < 4.78 is 21.2. The predicted molar refractivity (Wildman–Crippen MR) is 124 cm³/mol. The zero-order chi connectivity index (χ0) is 24.0. The van der Waals surface area contributed by atoms with Gasteiger partial charge in [-0.2, -0.15) is 0 Å². The third kappa shape index (κ3) is 3.81. The van der Waals surface area contributed by atoms with Crippen LogP contribution in [-0.4, -0.2) is 62.1 Å². The first-order chi connectivity index (χ1) is 16.3. The lowest BCUT2D eigenvalue weighted by molar-refractivity contribution is 0.0393. The summed E-state index contributed by atoms with van der Waals surface area (Å²) in [5, 5.41) is 5.43. The van der Waals surface area contributed by atoms with Crippen molar-refractivity contribution in [3.05, 3.63) is 76.8 Å². The molecule has 2 aromatic carbocycles. The number of carbonyl (C=O) groups is 2. The van der Waals surface area contributed by atoms with E-state index >= 15 is 0 Å². The Morgan fingerprint density at radius 1 is 1.15 bits per heavy atom. The summed E-state index contributed by atoms with van der Waals surface area (Å²) in [4.78, 5) is 33.7. The molecule has 2 amide bonds. The maximum atomic E-state index is 14.1. The number of halogens is 2. The molecule has 3 heterocycles. The lowest BCUT2D eigenvalue weighted by Gasteiger charge is -2.39. The molecule has 8 nitrogen and oxygen atoms in total. The minimum atomic E-state index is -0.506. The largest absolute Gasteiger partial charge is 0.448 e. The van der Waals surface area contributed by atoms with Crippen LogP contribution >= 0.6 is 11.6 Å². The van der Waals surface area contributed by atoms with Crippen LogP contribution in [-0.2, 0) is 0 Å². The van der Waals surface area contributed by atoms with Crippen molar-refractivity contribution in [3.8, 4) is 5.69 Å². The van der Waals surface area contributed by atoms with E-state index in [1.807, 2.05) is 13.0 Å². The number of piperazine rings is 1. The lowest BCUT2D eigenvalue weighted by Crippen LogP contribution is -2.55. The quantitative estimate of drug-likeness (QED) is 0.440. The molecule has 1 aliphatic heterocycles. The zero-order valence-electron chi connectivity index (χ0n) is 18.5. The summed E-state index contributed by atoms with van der Waals surface area (Å²) in [6.07, 6.45) is 1.47. The van der Waals surface area contributed by atoms with Gasteiger partial charge in [0.2, 0.25) is 5.82 Å². The molecule has 0 N–H and O–H groups in total. The molecule has 10 heteroatoms. The number of carbonyl (C=O) groups excluding carboxylic acids is 2. The topological polar surface area (TPSA) is 84.5 Å². The first-order valence-electron chi connectivity index (χ1n) is 10.8. The molecular weight excluding hydrogens is 461 g/mol. The van der Waals surface area contributed by atoms with Crippen LogP contribution in [0.2, 0.25) is 5.02 Å². The maximum absolute atomic E-state index is 14.1. The smallest absolute Gasteiger partial charge is 0.293 e. The second kappa shape index (κ2) is 8.57. The third-order valence-corrected chi connectivity index (χ3v) is 6.28. The summed E-state index contributed by atoms with van der Waals surface area (Å²) in [7, 11) is 0. The Morgan fingerprint density at radius 2 is 1.94 bits per heavy atom. The summed E-state index contributed by atoms with van der Waals surface area (Å²) in [5.41, 5.74) is 1.37. The highest BCUT2D eigenvalue weighted by Gasteiger charge is 2.34. The number of hydrogen-bond donors (Lipinski definition) is 0. The van der Waals surface area contributed by atoms with Crippen molar-refractivity contribution in [3.63, 3.8) is 0 Å². The molecule has 0 saturated carbocycles. The molecule has 0 aliphatic carbocycles. The normalized spacial score (nSPS) is 16.3. The Labute approximate surface area is 199 Å².